The molecular formula is C14H18N2S. The van der Waals surface area contributed by atoms with E-state index in [0.29, 0.717) is 6.04 Å². The maximum absolute atomic E-state index is 4.76. The van der Waals surface area contributed by atoms with Gasteiger partial charge in [0.2, 0.25) is 0 Å². The average molecular weight is 246 g/mol. The molecule has 0 aliphatic carbocycles. The quantitative estimate of drug-likeness (QED) is 0.800. The van der Waals surface area contributed by atoms with Crippen molar-refractivity contribution in [3.8, 4) is 0 Å². The lowest BCUT2D eigenvalue weighted by Crippen LogP contribution is -2.32. The molecule has 0 N–H and O–H groups in total. The van der Waals surface area contributed by atoms with E-state index in [1.165, 1.54) is 42.1 Å². The van der Waals surface area contributed by atoms with Crippen LogP contribution in [0, 0.1) is 0 Å². The smallest absolute Gasteiger partial charge is 0.111 e. The Morgan fingerprint density at radius 3 is 2.71 bits per heavy atom. The third kappa shape index (κ3) is 2.22. The maximum Gasteiger partial charge on any atom is 0.111 e. The van der Waals surface area contributed by atoms with Crippen LogP contribution in [-0.2, 0) is 0 Å². The number of piperidine rings is 1. The molecule has 1 unspecified atom stereocenters. The fourth-order valence-corrected chi connectivity index (χ4v) is 3.58. The van der Waals surface area contributed by atoms with Gasteiger partial charge in [-0.3, -0.25) is 4.90 Å². The van der Waals surface area contributed by atoms with Crippen molar-refractivity contribution in [3.05, 3.63) is 29.3 Å². The fraction of sp³-hybridized carbons (Fsp3) is 0.500. The van der Waals surface area contributed by atoms with Crippen LogP contribution < -0.4 is 0 Å². The third-order valence-corrected chi connectivity index (χ3v) is 4.81. The van der Waals surface area contributed by atoms with Crippen molar-refractivity contribution in [2.24, 2.45) is 0 Å². The first-order valence-electron chi connectivity index (χ1n) is 6.44. The first-order valence-corrected chi connectivity index (χ1v) is 7.26. The van der Waals surface area contributed by atoms with Gasteiger partial charge in [0.05, 0.1) is 16.3 Å². The molecule has 1 aromatic carbocycles. The Labute approximate surface area is 106 Å². The molecule has 2 aromatic rings. The van der Waals surface area contributed by atoms with Crippen LogP contribution in [0.3, 0.4) is 0 Å². The molecule has 3 rings (SSSR count). The standard InChI is InChI=1S/C14H18N2S/c1-11(16-9-5-2-6-10-16)14-15-12-7-3-4-8-13(12)17-14/h3-4,7-8,11H,2,5-6,9-10H2,1H3. The number of nitrogens with zero attached hydrogens (tertiary/aromatic N) is 2. The highest BCUT2D eigenvalue weighted by molar-refractivity contribution is 7.18. The van der Waals surface area contributed by atoms with Gasteiger partial charge in [0, 0.05) is 0 Å². The van der Waals surface area contributed by atoms with Crippen molar-refractivity contribution in [1.82, 2.24) is 9.88 Å². The molecule has 90 valence electrons. The number of thiazole rings is 1. The zero-order valence-corrected chi connectivity index (χ0v) is 11.0. The van der Waals surface area contributed by atoms with Gasteiger partial charge in [-0.25, -0.2) is 4.98 Å². The fourth-order valence-electron chi connectivity index (χ4n) is 2.53. The van der Waals surface area contributed by atoms with Gasteiger partial charge in [0.1, 0.15) is 5.01 Å². The number of benzene rings is 1. The molecular weight excluding hydrogens is 228 g/mol. The second-order valence-electron chi connectivity index (χ2n) is 4.79. The summed E-state index contributed by atoms with van der Waals surface area (Å²) in [6.07, 6.45) is 4.08. The lowest BCUT2D eigenvalue weighted by Gasteiger charge is -2.31. The van der Waals surface area contributed by atoms with E-state index < -0.39 is 0 Å². The number of aromatic nitrogens is 1. The van der Waals surface area contributed by atoms with Crippen molar-refractivity contribution in [2.75, 3.05) is 13.1 Å². The summed E-state index contributed by atoms with van der Waals surface area (Å²) >= 11 is 1.85. The molecule has 2 heterocycles. The molecule has 0 amide bonds. The summed E-state index contributed by atoms with van der Waals surface area (Å²) in [4.78, 5) is 7.34. The summed E-state index contributed by atoms with van der Waals surface area (Å²) in [6.45, 7) is 4.76. The summed E-state index contributed by atoms with van der Waals surface area (Å²) in [5.41, 5.74) is 1.15. The molecule has 0 saturated carbocycles. The van der Waals surface area contributed by atoms with E-state index in [-0.39, 0.29) is 0 Å². The topological polar surface area (TPSA) is 16.1 Å². The summed E-state index contributed by atoms with van der Waals surface area (Å²) in [6, 6.07) is 8.91. The Morgan fingerprint density at radius 2 is 1.94 bits per heavy atom. The van der Waals surface area contributed by atoms with Crippen molar-refractivity contribution >= 4 is 21.6 Å². The molecule has 1 saturated heterocycles. The average Bonchev–Trinajstić information content (AvgIpc) is 2.82. The Hall–Kier alpha value is -0.930. The number of fused-ring (bicyclic) bond motifs is 1. The van der Waals surface area contributed by atoms with Crippen molar-refractivity contribution in [1.29, 1.82) is 0 Å². The van der Waals surface area contributed by atoms with E-state index in [1.54, 1.807) is 0 Å². The highest BCUT2D eigenvalue weighted by atomic mass is 32.1. The second-order valence-corrected chi connectivity index (χ2v) is 5.85. The predicted octanol–water partition coefficient (Wildman–Crippen LogP) is 3.84. The minimum atomic E-state index is 0.479. The van der Waals surface area contributed by atoms with Crippen LogP contribution >= 0.6 is 11.3 Å². The van der Waals surface area contributed by atoms with Gasteiger partial charge < -0.3 is 0 Å². The molecule has 1 fully saturated rings. The van der Waals surface area contributed by atoms with Gasteiger partial charge in [-0.2, -0.15) is 0 Å². The minimum Gasteiger partial charge on any atom is -0.294 e. The number of hydrogen-bond donors (Lipinski definition) is 0. The molecule has 1 aliphatic heterocycles. The highest BCUT2D eigenvalue weighted by Crippen LogP contribution is 2.30. The lowest BCUT2D eigenvalue weighted by molar-refractivity contribution is 0.175. The Kier molecular flexibility index (Phi) is 3.12. The van der Waals surface area contributed by atoms with E-state index in [2.05, 4.69) is 36.1 Å². The lowest BCUT2D eigenvalue weighted by atomic mass is 10.1. The predicted molar refractivity (Wildman–Crippen MR) is 73.5 cm³/mol. The van der Waals surface area contributed by atoms with Gasteiger partial charge in [0.15, 0.2) is 0 Å². The van der Waals surface area contributed by atoms with Crippen molar-refractivity contribution < 1.29 is 0 Å². The second kappa shape index (κ2) is 4.75. The maximum atomic E-state index is 4.76. The summed E-state index contributed by atoms with van der Waals surface area (Å²) in [5, 5.41) is 1.27. The summed E-state index contributed by atoms with van der Waals surface area (Å²) in [5.74, 6) is 0. The first-order chi connectivity index (χ1) is 8.34. The monoisotopic (exact) mass is 246 g/mol. The Bertz CT molecular complexity index is 467. The zero-order chi connectivity index (χ0) is 11.7. The molecule has 1 aliphatic rings. The van der Waals surface area contributed by atoms with Gasteiger partial charge in [-0.05, 0) is 45.0 Å². The van der Waals surface area contributed by atoms with E-state index in [0.717, 1.165) is 5.52 Å². The van der Waals surface area contributed by atoms with Crippen LogP contribution in [0.15, 0.2) is 24.3 Å². The number of likely N-dealkylation sites (tertiary alicyclic amines) is 1. The van der Waals surface area contributed by atoms with Crippen LogP contribution in [0.5, 0.6) is 0 Å². The third-order valence-electron chi connectivity index (χ3n) is 3.61. The van der Waals surface area contributed by atoms with Crippen LogP contribution in [-0.4, -0.2) is 23.0 Å². The molecule has 17 heavy (non-hydrogen) atoms. The summed E-state index contributed by atoms with van der Waals surface area (Å²) < 4.78 is 1.31. The molecule has 2 nitrogen and oxygen atoms in total. The number of rotatable bonds is 2. The SMILES string of the molecule is CC(c1nc2ccccc2s1)N1CCCCC1. The highest BCUT2D eigenvalue weighted by Gasteiger charge is 2.20. The molecule has 1 atom stereocenters. The van der Waals surface area contributed by atoms with Crippen molar-refractivity contribution in [3.63, 3.8) is 0 Å². The van der Waals surface area contributed by atoms with E-state index in [9.17, 15) is 0 Å². The normalized spacial score (nSPS) is 19.6. The van der Waals surface area contributed by atoms with E-state index in [4.69, 9.17) is 4.98 Å². The zero-order valence-electron chi connectivity index (χ0n) is 10.2. The molecule has 0 radical (unpaired) electrons. The Morgan fingerprint density at radius 1 is 1.18 bits per heavy atom. The minimum absolute atomic E-state index is 0.479. The van der Waals surface area contributed by atoms with Crippen LogP contribution in [0.25, 0.3) is 10.2 Å². The molecule has 3 heteroatoms. The van der Waals surface area contributed by atoms with Gasteiger partial charge in [-0.15, -0.1) is 11.3 Å². The van der Waals surface area contributed by atoms with Crippen LogP contribution in [0.4, 0.5) is 0 Å². The summed E-state index contributed by atoms with van der Waals surface area (Å²) in [7, 11) is 0. The van der Waals surface area contributed by atoms with E-state index in [1.807, 2.05) is 11.3 Å². The molecule has 1 aromatic heterocycles. The van der Waals surface area contributed by atoms with E-state index >= 15 is 0 Å². The number of para-hydroxylation sites is 1. The van der Waals surface area contributed by atoms with Crippen LogP contribution in [0.1, 0.15) is 37.2 Å². The molecule has 0 bridgehead atoms. The van der Waals surface area contributed by atoms with Gasteiger partial charge in [0.25, 0.3) is 0 Å². The Balaban J connectivity index is 1.86. The largest absolute Gasteiger partial charge is 0.294 e. The molecule has 0 spiro atoms. The van der Waals surface area contributed by atoms with Gasteiger partial charge in [-0.1, -0.05) is 18.6 Å². The van der Waals surface area contributed by atoms with Gasteiger partial charge >= 0.3 is 0 Å². The van der Waals surface area contributed by atoms with Crippen LogP contribution in [0.2, 0.25) is 0 Å². The first kappa shape index (κ1) is 11.2. The number of hydrogen-bond acceptors (Lipinski definition) is 3. The van der Waals surface area contributed by atoms with Crippen molar-refractivity contribution in [2.45, 2.75) is 32.2 Å².